The van der Waals surface area contributed by atoms with Crippen LogP contribution in [0, 0.1) is 5.92 Å². The number of carbonyl (C=O) groups excluding carboxylic acids is 1. The summed E-state index contributed by atoms with van der Waals surface area (Å²) in [6.07, 6.45) is -0.383. The number of hydrogen-bond donors (Lipinski definition) is 4. The molecular formula is C22H36O8. The van der Waals surface area contributed by atoms with Crippen LogP contribution >= 0.6 is 0 Å². The second-order valence-electron chi connectivity index (χ2n) is 9.63. The third kappa shape index (κ3) is 5.60. The van der Waals surface area contributed by atoms with Crippen molar-refractivity contribution >= 4 is 11.9 Å². The highest BCUT2D eigenvalue weighted by Crippen LogP contribution is 2.43. The Morgan fingerprint density at radius 1 is 1.03 bits per heavy atom. The molecule has 2 aliphatic rings. The van der Waals surface area contributed by atoms with E-state index in [4.69, 9.17) is 9.47 Å². The third-order valence-corrected chi connectivity index (χ3v) is 6.90. The SMILES string of the molecule is C=C(C(=O)O)[C@@H]1CC[C@@](C)(O)[C@@H]2CC[C@](C)(O2)[C@@H](OC(C)=O)CC[C@](C)(O)[C@H](O)C1. The largest absolute Gasteiger partial charge is 0.478 e. The highest BCUT2D eigenvalue weighted by atomic mass is 16.6. The normalized spacial score (nSPS) is 43.0. The van der Waals surface area contributed by atoms with Crippen LogP contribution in [0.1, 0.15) is 72.6 Å². The molecule has 0 unspecified atom stereocenters. The van der Waals surface area contributed by atoms with E-state index in [0.717, 1.165) is 0 Å². The molecule has 2 heterocycles. The molecule has 7 atom stereocenters. The Morgan fingerprint density at radius 3 is 2.20 bits per heavy atom. The molecule has 8 nitrogen and oxygen atoms in total. The van der Waals surface area contributed by atoms with Gasteiger partial charge in [-0.2, -0.15) is 0 Å². The van der Waals surface area contributed by atoms with Crippen LogP contribution in [0.4, 0.5) is 0 Å². The van der Waals surface area contributed by atoms with Gasteiger partial charge in [-0.25, -0.2) is 4.79 Å². The number of hydrogen-bond acceptors (Lipinski definition) is 7. The fraction of sp³-hybridized carbons (Fsp3) is 0.818. The van der Waals surface area contributed by atoms with E-state index in [1.807, 2.05) is 6.92 Å². The number of fused-ring (bicyclic) bond motifs is 2. The van der Waals surface area contributed by atoms with Crippen LogP contribution in [0.25, 0.3) is 0 Å². The van der Waals surface area contributed by atoms with E-state index in [0.29, 0.717) is 12.8 Å². The van der Waals surface area contributed by atoms with Crippen molar-refractivity contribution in [1.29, 1.82) is 0 Å². The van der Waals surface area contributed by atoms with E-state index in [-0.39, 0.29) is 37.7 Å². The number of carboxylic acid groups (broad SMARTS) is 1. The summed E-state index contributed by atoms with van der Waals surface area (Å²) in [5.41, 5.74) is -3.66. The number of esters is 1. The predicted octanol–water partition coefficient (Wildman–Crippen LogP) is 1.94. The molecule has 0 radical (unpaired) electrons. The minimum atomic E-state index is -1.53. The van der Waals surface area contributed by atoms with Gasteiger partial charge in [-0.15, -0.1) is 0 Å². The zero-order valence-corrected chi connectivity index (χ0v) is 18.4. The first-order chi connectivity index (χ1) is 13.7. The molecule has 0 aliphatic carbocycles. The van der Waals surface area contributed by atoms with Crippen LogP contribution in [0.3, 0.4) is 0 Å². The maximum Gasteiger partial charge on any atom is 0.331 e. The first-order valence-corrected chi connectivity index (χ1v) is 10.6. The summed E-state index contributed by atoms with van der Waals surface area (Å²) in [4.78, 5) is 23.2. The molecule has 2 saturated heterocycles. The van der Waals surface area contributed by atoms with Gasteiger partial charge in [-0.3, -0.25) is 4.79 Å². The molecule has 2 bridgehead atoms. The van der Waals surface area contributed by atoms with Crippen molar-refractivity contribution in [1.82, 2.24) is 0 Å². The summed E-state index contributed by atoms with van der Waals surface area (Å²) >= 11 is 0. The van der Waals surface area contributed by atoms with Gasteiger partial charge < -0.3 is 29.9 Å². The molecule has 0 aromatic rings. The van der Waals surface area contributed by atoms with Gasteiger partial charge in [0.2, 0.25) is 0 Å². The van der Waals surface area contributed by atoms with Gasteiger partial charge in [0, 0.05) is 12.5 Å². The summed E-state index contributed by atoms with van der Waals surface area (Å²) in [6, 6.07) is 0. The average Bonchev–Trinajstić information content (AvgIpc) is 3.04. The van der Waals surface area contributed by atoms with Gasteiger partial charge in [0.25, 0.3) is 0 Å². The molecular weight excluding hydrogens is 392 g/mol. The second kappa shape index (κ2) is 8.94. The standard InChI is InChI=1S/C22H36O8/c1-13(19(25)26)15-6-9-21(4,28)17-8-11-22(5,30-17)18(29-14(2)23)7-10-20(3,27)16(24)12-15/h15-18,24,27-28H,1,6-12H2,2-5H3,(H,25,26)/t15-,16-,17+,18+,20+,21-,22+/m1/s1. The zero-order chi connectivity index (χ0) is 22.9. The van der Waals surface area contributed by atoms with E-state index < -0.39 is 53.0 Å². The zero-order valence-electron chi connectivity index (χ0n) is 18.4. The number of aliphatic hydroxyl groups excluding tert-OH is 1. The second-order valence-corrected chi connectivity index (χ2v) is 9.63. The Balaban J connectivity index is 2.38. The van der Waals surface area contributed by atoms with Gasteiger partial charge in [0.05, 0.1) is 23.4 Å². The molecule has 0 amide bonds. The first-order valence-electron chi connectivity index (χ1n) is 10.6. The number of ether oxygens (including phenoxy) is 2. The number of rotatable bonds is 3. The Labute approximate surface area is 177 Å². The lowest BCUT2D eigenvalue weighted by atomic mass is 9.78. The number of carbonyl (C=O) groups is 2. The summed E-state index contributed by atoms with van der Waals surface area (Å²) in [7, 11) is 0. The average molecular weight is 429 g/mol. The summed E-state index contributed by atoms with van der Waals surface area (Å²) in [6.45, 7) is 9.91. The lowest BCUT2D eigenvalue weighted by Gasteiger charge is -2.37. The molecule has 0 saturated carbocycles. The Hall–Kier alpha value is -1.48. The predicted molar refractivity (Wildman–Crippen MR) is 109 cm³/mol. The van der Waals surface area contributed by atoms with Crippen molar-refractivity contribution in [2.45, 2.75) is 108 Å². The Bertz CT molecular complexity index is 670. The molecule has 2 rings (SSSR count). The quantitative estimate of drug-likeness (QED) is 0.396. The van der Waals surface area contributed by atoms with Crippen molar-refractivity contribution in [3.05, 3.63) is 12.2 Å². The van der Waals surface area contributed by atoms with Crippen LogP contribution in [0.15, 0.2) is 12.2 Å². The Kier molecular flexibility index (Phi) is 7.39. The summed E-state index contributed by atoms with van der Waals surface area (Å²) in [5.74, 6) is -2.26. The van der Waals surface area contributed by atoms with Crippen molar-refractivity contribution in [2.75, 3.05) is 0 Å². The number of aliphatic hydroxyl groups is 3. The lowest BCUT2D eigenvalue weighted by Crippen LogP contribution is -2.47. The summed E-state index contributed by atoms with van der Waals surface area (Å²) in [5, 5.41) is 42.1. The van der Waals surface area contributed by atoms with Crippen molar-refractivity contribution in [3.8, 4) is 0 Å². The first kappa shape index (κ1) is 24.8. The van der Waals surface area contributed by atoms with Crippen LogP contribution in [0.5, 0.6) is 0 Å². The van der Waals surface area contributed by atoms with Gasteiger partial charge >= 0.3 is 11.9 Å². The number of aliphatic carboxylic acids is 1. The molecule has 4 N–H and O–H groups in total. The maximum absolute atomic E-state index is 11.7. The van der Waals surface area contributed by atoms with Gasteiger partial charge in [0.1, 0.15) is 11.7 Å². The fourth-order valence-corrected chi connectivity index (χ4v) is 4.57. The van der Waals surface area contributed by atoms with E-state index in [9.17, 15) is 30.0 Å². The van der Waals surface area contributed by atoms with Crippen LogP contribution in [-0.2, 0) is 19.1 Å². The molecule has 30 heavy (non-hydrogen) atoms. The smallest absolute Gasteiger partial charge is 0.331 e. The van der Waals surface area contributed by atoms with Crippen LogP contribution in [-0.4, -0.2) is 67.5 Å². The van der Waals surface area contributed by atoms with E-state index in [1.54, 1.807) is 6.92 Å². The third-order valence-electron chi connectivity index (χ3n) is 6.90. The van der Waals surface area contributed by atoms with Crippen molar-refractivity contribution in [2.24, 2.45) is 5.92 Å². The molecule has 8 heteroatoms. The highest BCUT2D eigenvalue weighted by molar-refractivity contribution is 5.86. The van der Waals surface area contributed by atoms with Crippen LogP contribution in [0.2, 0.25) is 0 Å². The van der Waals surface area contributed by atoms with Crippen LogP contribution < -0.4 is 0 Å². The minimum Gasteiger partial charge on any atom is -0.478 e. The minimum absolute atomic E-state index is 0.00473. The highest BCUT2D eigenvalue weighted by Gasteiger charge is 2.50. The molecule has 172 valence electrons. The molecule has 0 spiro atoms. The number of carboxylic acids is 1. The van der Waals surface area contributed by atoms with E-state index >= 15 is 0 Å². The Morgan fingerprint density at radius 2 is 1.63 bits per heavy atom. The van der Waals surface area contributed by atoms with E-state index in [1.165, 1.54) is 13.8 Å². The van der Waals surface area contributed by atoms with Crippen molar-refractivity contribution in [3.63, 3.8) is 0 Å². The molecule has 2 aliphatic heterocycles. The monoisotopic (exact) mass is 428 g/mol. The topological polar surface area (TPSA) is 134 Å². The summed E-state index contributed by atoms with van der Waals surface area (Å²) < 4.78 is 11.7. The van der Waals surface area contributed by atoms with E-state index in [2.05, 4.69) is 6.58 Å². The van der Waals surface area contributed by atoms with Crippen molar-refractivity contribution < 1.29 is 39.5 Å². The molecule has 2 fully saturated rings. The lowest BCUT2D eigenvalue weighted by molar-refractivity contribution is -0.185. The van der Waals surface area contributed by atoms with Gasteiger partial charge in [0.15, 0.2) is 0 Å². The van der Waals surface area contributed by atoms with Gasteiger partial charge in [-0.1, -0.05) is 6.58 Å². The fourth-order valence-electron chi connectivity index (χ4n) is 4.57. The molecule has 0 aromatic carbocycles. The van der Waals surface area contributed by atoms with Gasteiger partial charge in [-0.05, 0) is 71.6 Å². The maximum atomic E-state index is 11.7. The molecule has 0 aromatic heterocycles.